The lowest BCUT2D eigenvalue weighted by molar-refractivity contribution is -0.130. The van der Waals surface area contributed by atoms with Crippen molar-refractivity contribution in [3.63, 3.8) is 0 Å². The van der Waals surface area contributed by atoms with Gasteiger partial charge in [0, 0.05) is 39.1 Å². The van der Waals surface area contributed by atoms with Gasteiger partial charge in [-0.15, -0.1) is 0 Å². The van der Waals surface area contributed by atoms with Crippen molar-refractivity contribution >= 4 is 23.2 Å². The second kappa shape index (κ2) is 6.55. The Kier molecular flexibility index (Phi) is 5.02. The third kappa shape index (κ3) is 3.81. The van der Waals surface area contributed by atoms with E-state index in [-0.39, 0.29) is 5.91 Å². The first-order valence-electron chi connectivity index (χ1n) is 7.39. The minimum absolute atomic E-state index is 0.166. The van der Waals surface area contributed by atoms with Gasteiger partial charge in [0.25, 0.3) is 0 Å². The van der Waals surface area contributed by atoms with Crippen LogP contribution in [0, 0.1) is 5.92 Å². The highest BCUT2D eigenvalue weighted by atomic mass is 32.1. The molecule has 4 nitrogen and oxygen atoms in total. The summed E-state index contributed by atoms with van der Waals surface area (Å²) in [5, 5.41) is 4.41. The van der Waals surface area contributed by atoms with E-state index in [4.69, 9.17) is 12.2 Å². The molecule has 1 N–H and O–H groups in total. The van der Waals surface area contributed by atoms with E-state index in [0.717, 1.165) is 31.3 Å². The van der Waals surface area contributed by atoms with Gasteiger partial charge in [0.2, 0.25) is 5.91 Å². The average molecular weight is 283 g/mol. The van der Waals surface area contributed by atoms with Crippen molar-refractivity contribution in [2.24, 2.45) is 5.92 Å². The molecule has 1 amide bonds. The lowest BCUT2D eigenvalue weighted by Gasteiger charge is -2.38. The summed E-state index contributed by atoms with van der Waals surface area (Å²) < 4.78 is 0. The first kappa shape index (κ1) is 14.6. The first-order valence-corrected chi connectivity index (χ1v) is 7.79. The lowest BCUT2D eigenvalue weighted by atomic mass is 9.86. The topological polar surface area (TPSA) is 35.6 Å². The van der Waals surface area contributed by atoms with Crippen LogP contribution in [-0.4, -0.2) is 53.0 Å². The molecule has 1 saturated carbocycles. The highest BCUT2D eigenvalue weighted by Crippen LogP contribution is 2.23. The van der Waals surface area contributed by atoms with Crippen LogP contribution in [0.3, 0.4) is 0 Å². The Hall–Kier alpha value is -0.840. The van der Waals surface area contributed by atoms with Gasteiger partial charge in [-0.3, -0.25) is 4.79 Å². The quantitative estimate of drug-likeness (QED) is 0.742. The summed E-state index contributed by atoms with van der Waals surface area (Å²) in [5.74, 6) is 0.879. The lowest BCUT2D eigenvalue weighted by Crippen LogP contribution is -2.55. The average Bonchev–Trinajstić information content (AvgIpc) is 2.41. The van der Waals surface area contributed by atoms with Crippen molar-refractivity contribution in [1.29, 1.82) is 0 Å². The molecule has 0 aromatic rings. The molecule has 2 rings (SSSR count). The molecule has 0 aromatic carbocycles. The second-order valence-electron chi connectivity index (χ2n) is 5.81. The van der Waals surface area contributed by atoms with Crippen LogP contribution < -0.4 is 5.32 Å². The zero-order chi connectivity index (χ0) is 13.8. The normalized spacial score (nSPS) is 28.1. The van der Waals surface area contributed by atoms with E-state index in [9.17, 15) is 4.79 Å². The van der Waals surface area contributed by atoms with Gasteiger partial charge >= 0.3 is 0 Å². The Balaban J connectivity index is 1.79. The molecular formula is C14H25N3OS. The maximum atomic E-state index is 11.3. The summed E-state index contributed by atoms with van der Waals surface area (Å²) in [6.45, 7) is 7.23. The number of carbonyl (C=O) groups is 1. The fourth-order valence-electron chi connectivity index (χ4n) is 3.01. The van der Waals surface area contributed by atoms with Crippen LogP contribution in [0.2, 0.25) is 0 Å². The maximum absolute atomic E-state index is 11.3. The monoisotopic (exact) mass is 283 g/mol. The molecule has 1 aliphatic carbocycles. The molecule has 0 radical (unpaired) electrons. The maximum Gasteiger partial charge on any atom is 0.219 e. The van der Waals surface area contributed by atoms with Crippen LogP contribution in [0.15, 0.2) is 0 Å². The molecule has 1 aliphatic heterocycles. The number of hydrogen-bond donors (Lipinski definition) is 1. The highest BCUT2D eigenvalue weighted by molar-refractivity contribution is 7.80. The van der Waals surface area contributed by atoms with Gasteiger partial charge in [0.15, 0.2) is 5.11 Å². The molecule has 2 fully saturated rings. The van der Waals surface area contributed by atoms with E-state index in [0.29, 0.717) is 12.0 Å². The van der Waals surface area contributed by atoms with Gasteiger partial charge < -0.3 is 15.1 Å². The number of amides is 1. The van der Waals surface area contributed by atoms with Gasteiger partial charge in [0.1, 0.15) is 0 Å². The number of nitrogens with zero attached hydrogens (tertiary/aromatic N) is 2. The van der Waals surface area contributed by atoms with Crippen LogP contribution in [0.4, 0.5) is 0 Å². The van der Waals surface area contributed by atoms with Gasteiger partial charge in [-0.25, -0.2) is 0 Å². The van der Waals surface area contributed by atoms with Gasteiger partial charge in [0.05, 0.1) is 0 Å². The fraction of sp³-hybridized carbons (Fsp3) is 0.857. The first-order chi connectivity index (χ1) is 9.08. The van der Waals surface area contributed by atoms with Crippen molar-refractivity contribution in [2.75, 3.05) is 26.2 Å². The summed E-state index contributed by atoms with van der Waals surface area (Å²) in [6.07, 6.45) is 5.19. The zero-order valence-corrected chi connectivity index (χ0v) is 12.8. The van der Waals surface area contributed by atoms with E-state index in [1.54, 1.807) is 6.92 Å². The van der Waals surface area contributed by atoms with Crippen LogP contribution in [0.1, 0.15) is 39.5 Å². The number of piperazine rings is 1. The van der Waals surface area contributed by atoms with E-state index in [2.05, 4.69) is 17.1 Å². The minimum Gasteiger partial charge on any atom is -0.360 e. The predicted octanol–water partition coefficient (Wildman–Crippen LogP) is 1.60. The van der Waals surface area contributed by atoms with Crippen LogP contribution in [0.5, 0.6) is 0 Å². The molecule has 2 unspecified atom stereocenters. The van der Waals surface area contributed by atoms with E-state index >= 15 is 0 Å². The zero-order valence-electron chi connectivity index (χ0n) is 12.0. The highest BCUT2D eigenvalue weighted by Gasteiger charge is 2.25. The molecule has 0 bridgehead atoms. The van der Waals surface area contributed by atoms with Gasteiger partial charge in [-0.2, -0.15) is 0 Å². The largest absolute Gasteiger partial charge is 0.360 e. The third-order valence-corrected chi connectivity index (χ3v) is 4.81. The summed E-state index contributed by atoms with van der Waals surface area (Å²) in [6, 6.07) is 0.534. The SMILES string of the molecule is CC(=O)N1CCN(C(=S)NC2CCCCC2C)CC1. The molecule has 108 valence electrons. The molecule has 0 spiro atoms. The number of rotatable bonds is 1. The van der Waals surface area contributed by atoms with Crippen LogP contribution >= 0.6 is 12.2 Å². The molecular weight excluding hydrogens is 258 g/mol. The van der Waals surface area contributed by atoms with E-state index in [1.165, 1.54) is 25.7 Å². The molecule has 2 aliphatic rings. The van der Waals surface area contributed by atoms with Crippen LogP contribution in [0.25, 0.3) is 0 Å². The number of thiocarbonyl (C=S) groups is 1. The fourth-order valence-corrected chi connectivity index (χ4v) is 3.34. The third-order valence-electron chi connectivity index (χ3n) is 4.43. The Morgan fingerprint density at radius 2 is 1.68 bits per heavy atom. The van der Waals surface area contributed by atoms with E-state index < -0.39 is 0 Å². The summed E-state index contributed by atoms with van der Waals surface area (Å²) in [4.78, 5) is 15.4. The Morgan fingerprint density at radius 1 is 1.11 bits per heavy atom. The summed E-state index contributed by atoms with van der Waals surface area (Å²) >= 11 is 5.52. The molecule has 0 aromatic heterocycles. The van der Waals surface area contributed by atoms with Gasteiger partial charge in [-0.1, -0.05) is 19.8 Å². The number of hydrogen-bond acceptors (Lipinski definition) is 2. The smallest absolute Gasteiger partial charge is 0.219 e. The molecule has 2 atom stereocenters. The minimum atomic E-state index is 0.166. The Labute approximate surface area is 121 Å². The number of nitrogens with one attached hydrogen (secondary N) is 1. The van der Waals surface area contributed by atoms with E-state index in [1.807, 2.05) is 4.90 Å². The standard InChI is InChI=1S/C14H25N3OS/c1-11-5-3-4-6-13(11)15-14(19)17-9-7-16(8-10-17)12(2)18/h11,13H,3-10H2,1-2H3,(H,15,19). The van der Waals surface area contributed by atoms with Crippen molar-refractivity contribution in [2.45, 2.75) is 45.6 Å². The Morgan fingerprint density at radius 3 is 2.26 bits per heavy atom. The Bertz CT molecular complexity index is 340. The van der Waals surface area contributed by atoms with Crippen LogP contribution in [-0.2, 0) is 4.79 Å². The molecule has 1 heterocycles. The second-order valence-corrected chi connectivity index (χ2v) is 6.20. The molecule has 5 heteroatoms. The molecule has 1 saturated heterocycles. The number of carbonyl (C=O) groups excluding carboxylic acids is 1. The summed E-state index contributed by atoms with van der Waals surface area (Å²) in [5.41, 5.74) is 0. The van der Waals surface area contributed by atoms with Crippen molar-refractivity contribution in [1.82, 2.24) is 15.1 Å². The van der Waals surface area contributed by atoms with Gasteiger partial charge in [-0.05, 0) is 31.0 Å². The van der Waals surface area contributed by atoms with Crippen molar-refractivity contribution in [3.05, 3.63) is 0 Å². The van der Waals surface area contributed by atoms with Crippen molar-refractivity contribution < 1.29 is 4.79 Å². The summed E-state index contributed by atoms with van der Waals surface area (Å²) in [7, 11) is 0. The van der Waals surface area contributed by atoms with Crippen molar-refractivity contribution in [3.8, 4) is 0 Å². The predicted molar refractivity (Wildman–Crippen MR) is 81.0 cm³/mol. The molecule has 19 heavy (non-hydrogen) atoms.